The molecule has 1 aromatic carbocycles. The van der Waals surface area contributed by atoms with Crippen LogP contribution in [0.15, 0.2) is 36.5 Å². The van der Waals surface area contributed by atoms with Crippen LogP contribution in [0.3, 0.4) is 0 Å². The molecule has 0 amide bonds. The molecule has 0 radical (unpaired) electrons. The van der Waals surface area contributed by atoms with Crippen LogP contribution in [0.4, 0.5) is 0 Å². The molecule has 2 aromatic rings. The Balaban J connectivity index is 1.90. The predicted octanol–water partition coefficient (Wildman–Crippen LogP) is 2.50. The Labute approximate surface area is 93.0 Å². The van der Waals surface area contributed by atoms with Crippen molar-refractivity contribution >= 4 is 11.3 Å². The Morgan fingerprint density at radius 3 is 2.67 bits per heavy atom. The minimum atomic E-state index is 0.646. The minimum absolute atomic E-state index is 0.646. The summed E-state index contributed by atoms with van der Waals surface area (Å²) in [6.45, 7) is 2.17. The van der Waals surface area contributed by atoms with Gasteiger partial charge in [-0.25, -0.2) is 4.98 Å². The van der Waals surface area contributed by atoms with Crippen LogP contribution in [0.25, 0.3) is 10.4 Å². The molecule has 0 aliphatic carbocycles. The highest BCUT2D eigenvalue weighted by Crippen LogP contribution is 2.31. The van der Waals surface area contributed by atoms with E-state index in [0.29, 0.717) is 5.92 Å². The van der Waals surface area contributed by atoms with E-state index in [9.17, 15) is 0 Å². The van der Waals surface area contributed by atoms with E-state index in [0.717, 1.165) is 13.1 Å². The molecule has 0 spiro atoms. The lowest BCUT2D eigenvalue weighted by Gasteiger charge is -2.24. The molecule has 1 fully saturated rings. The van der Waals surface area contributed by atoms with E-state index in [1.165, 1.54) is 15.4 Å². The van der Waals surface area contributed by atoms with Crippen molar-refractivity contribution in [2.75, 3.05) is 13.1 Å². The van der Waals surface area contributed by atoms with Gasteiger partial charge >= 0.3 is 0 Å². The topological polar surface area (TPSA) is 24.9 Å². The lowest BCUT2D eigenvalue weighted by atomic mass is 10.1. The molecule has 1 aliphatic heterocycles. The molecule has 3 rings (SSSR count). The van der Waals surface area contributed by atoms with Crippen molar-refractivity contribution in [3.63, 3.8) is 0 Å². The van der Waals surface area contributed by atoms with E-state index < -0.39 is 0 Å². The quantitative estimate of drug-likeness (QED) is 0.834. The number of thiazole rings is 1. The molecular weight excluding hydrogens is 204 g/mol. The van der Waals surface area contributed by atoms with E-state index in [1.54, 1.807) is 0 Å². The summed E-state index contributed by atoms with van der Waals surface area (Å²) < 4.78 is 0. The average molecular weight is 216 g/mol. The van der Waals surface area contributed by atoms with Gasteiger partial charge in [0.2, 0.25) is 0 Å². The van der Waals surface area contributed by atoms with E-state index in [-0.39, 0.29) is 0 Å². The van der Waals surface area contributed by atoms with Gasteiger partial charge in [0.25, 0.3) is 0 Å². The molecule has 1 N–H and O–H groups in total. The van der Waals surface area contributed by atoms with Crippen LogP contribution in [-0.4, -0.2) is 18.1 Å². The second-order valence-corrected chi connectivity index (χ2v) is 4.85. The van der Waals surface area contributed by atoms with Crippen molar-refractivity contribution in [2.24, 2.45) is 0 Å². The van der Waals surface area contributed by atoms with Gasteiger partial charge in [-0.15, -0.1) is 11.3 Å². The molecule has 2 nitrogen and oxygen atoms in total. The summed E-state index contributed by atoms with van der Waals surface area (Å²) in [6.07, 6.45) is 1.99. The number of benzene rings is 1. The lowest BCUT2D eigenvalue weighted by molar-refractivity contribution is 0.447. The summed E-state index contributed by atoms with van der Waals surface area (Å²) in [6, 6.07) is 10.5. The third-order valence-corrected chi connectivity index (χ3v) is 3.92. The molecular formula is C12H12N2S. The summed E-state index contributed by atoms with van der Waals surface area (Å²) in [5.41, 5.74) is 1.27. The maximum atomic E-state index is 4.49. The number of nitrogens with zero attached hydrogens (tertiary/aromatic N) is 1. The normalized spacial score (nSPS) is 16.3. The van der Waals surface area contributed by atoms with Crippen molar-refractivity contribution < 1.29 is 0 Å². The zero-order valence-corrected chi connectivity index (χ0v) is 9.13. The number of hydrogen-bond acceptors (Lipinski definition) is 3. The molecule has 1 aromatic heterocycles. The van der Waals surface area contributed by atoms with Crippen LogP contribution in [0.5, 0.6) is 0 Å². The van der Waals surface area contributed by atoms with Gasteiger partial charge in [-0.2, -0.15) is 0 Å². The van der Waals surface area contributed by atoms with E-state index in [4.69, 9.17) is 0 Å². The molecule has 0 unspecified atom stereocenters. The van der Waals surface area contributed by atoms with Crippen LogP contribution >= 0.6 is 11.3 Å². The van der Waals surface area contributed by atoms with E-state index in [1.807, 2.05) is 23.6 Å². The van der Waals surface area contributed by atoms with E-state index in [2.05, 4.69) is 34.6 Å². The van der Waals surface area contributed by atoms with Crippen molar-refractivity contribution in [3.05, 3.63) is 41.5 Å². The zero-order chi connectivity index (χ0) is 10.1. The number of hydrogen-bond donors (Lipinski definition) is 1. The molecule has 0 bridgehead atoms. The maximum Gasteiger partial charge on any atom is 0.0987 e. The molecule has 3 heteroatoms. The maximum absolute atomic E-state index is 4.49. The van der Waals surface area contributed by atoms with Gasteiger partial charge in [0, 0.05) is 25.2 Å². The molecule has 2 heterocycles. The number of aromatic nitrogens is 1. The van der Waals surface area contributed by atoms with Gasteiger partial charge < -0.3 is 5.32 Å². The SMILES string of the molecule is c1ccc(-c2cnc(C3CNC3)s2)cc1. The van der Waals surface area contributed by atoms with Gasteiger partial charge in [0.05, 0.1) is 9.88 Å². The summed E-state index contributed by atoms with van der Waals surface area (Å²) in [4.78, 5) is 5.77. The first-order valence-corrected chi connectivity index (χ1v) is 5.97. The van der Waals surface area contributed by atoms with Crippen molar-refractivity contribution in [2.45, 2.75) is 5.92 Å². The summed E-state index contributed by atoms with van der Waals surface area (Å²) >= 11 is 1.82. The van der Waals surface area contributed by atoms with Gasteiger partial charge in [0.1, 0.15) is 0 Å². The van der Waals surface area contributed by atoms with Crippen LogP contribution in [-0.2, 0) is 0 Å². The van der Waals surface area contributed by atoms with Gasteiger partial charge in [0.15, 0.2) is 0 Å². The first-order valence-electron chi connectivity index (χ1n) is 5.15. The zero-order valence-electron chi connectivity index (χ0n) is 8.31. The average Bonchev–Trinajstić information content (AvgIpc) is 2.66. The summed E-state index contributed by atoms with van der Waals surface area (Å²) in [5.74, 6) is 0.646. The van der Waals surface area contributed by atoms with Crippen LogP contribution < -0.4 is 5.32 Å². The molecule has 0 saturated carbocycles. The monoisotopic (exact) mass is 216 g/mol. The summed E-state index contributed by atoms with van der Waals surface area (Å²) in [7, 11) is 0. The van der Waals surface area contributed by atoms with Gasteiger partial charge in [-0.1, -0.05) is 30.3 Å². The van der Waals surface area contributed by atoms with Gasteiger partial charge in [-0.05, 0) is 5.56 Å². The van der Waals surface area contributed by atoms with Crippen molar-refractivity contribution in [1.82, 2.24) is 10.3 Å². The Kier molecular flexibility index (Phi) is 2.27. The van der Waals surface area contributed by atoms with Crippen LogP contribution in [0, 0.1) is 0 Å². The Morgan fingerprint density at radius 2 is 2.00 bits per heavy atom. The Hall–Kier alpha value is -1.19. The first-order chi connectivity index (χ1) is 7.43. The molecule has 76 valence electrons. The van der Waals surface area contributed by atoms with Crippen molar-refractivity contribution in [1.29, 1.82) is 0 Å². The smallest absolute Gasteiger partial charge is 0.0987 e. The number of rotatable bonds is 2. The fourth-order valence-electron chi connectivity index (χ4n) is 1.68. The van der Waals surface area contributed by atoms with E-state index >= 15 is 0 Å². The standard InChI is InChI=1S/C12H12N2S/c1-2-4-9(5-3-1)11-8-14-12(15-11)10-6-13-7-10/h1-5,8,10,13H,6-7H2. The highest BCUT2D eigenvalue weighted by atomic mass is 32.1. The molecule has 1 saturated heterocycles. The highest BCUT2D eigenvalue weighted by molar-refractivity contribution is 7.15. The molecule has 15 heavy (non-hydrogen) atoms. The second kappa shape index (κ2) is 3.76. The third kappa shape index (κ3) is 1.68. The van der Waals surface area contributed by atoms with Crippen molar-refractivity contribution in [3.8, 4) is 10.4 Å². The molecule has 0 atom stereocenters. The Bertz CT molecular complexity index is 446. The second-order valence-electron chi connectivity index (χ2n) is 3.78. The molecule has 1 aliphatic rings. The number of nitrogens with one attached hydrogen (secondary N) is 1. The predicted molar refractivity (Wildman–Crippen MR) is 63.2 cm³/mol. The fraction of sp³-hybridized carbons (Fsp3) is 0.250. The van der Waals surface area contributed by atoms with Crippen LogP contribution in [0.2, 0.25) is 0 Å². The first kappa shape index (κ1) is 9.07. The van der Waals surface area contributed by atoms with Crippen LogP contribution in [0.1, 0.15) is 10.9 Å². The fourth-order valence-corrected chi connectivity index (χ4v) is 2.70. The third-order valence-electron chi connectivity index (χ3n) is 2.71. The largest absolute Gasteiger partial charge is 0.315 e. The lowest BCUT2D eigenvalue weighted by Crippen LogP contribution is -2.39. The Morgan fingerprint density at radius 1 is 1.20 bits per heavy atom. The van der Waals surface area contributed by atoms with Gasteiger partial charge in [-0.3, -0.25) is 0 Å². The summed E-state index contributed by atoms with van der Waals surface area (Å²) in [5, 5.41) is 4.55. The highest BCUT2D eigenvalue weighted by Gasteiger charge is 2.22. The minimum Gasteiger partial charge on any atom is -0.315 e.